The lowest BCUT2D eigenvalue weighted by Crippen LogP contribution is -2.23. The highest BCUT2D eigenvalue weighted by Gasteiger charge is 2.19. The van der Waals surface area contributed by atoms with Crippen molar-refractivity contribution in [1.29, 1.82) is 0 Å². The number of ether oxygens (including phenoxy) is 1. The minimum absolute atomic E-state index is 0.338. The standard InChI is InChI=1S/C9H14N2O2S/c1-9(2,3)13-8(12)6-5-11-7(4-10)14-6/h5H,4,10H2,1-3H3. The fraction of sp³-hybridized carbons (Fsp3) is 0.556. The molecular weight excluding hydrogens is 200 g/mol. The summed E-state index contributed by atoms with van der Waals surface area (Å²) in [5.41, 5.74) is 4.92. The zero-order valence-electron chi connectivity index (χ0n) is 8.53. The van der Waals surface area contributed by atoms with Crippen LogP contribution in [0.4, 0.5) is 0 Å². The van der Waals surface area contributed by atoms with Gasteiger partial charge in [-0.1, -0.05) is 0 Å². The molecular formula is C9H14N2O2S. The van der Waals surface area contributed by atoms with Gasteiger partial charge in [-0.25, -0.2) is 9.78 Å². The fourth-order valence-corrected chi connectivity index (χ4v) is 1.50. The van der Waals surface area contributed by atoms with Crippen molar-refractivity contribution in [2.24, 2.45) is 5.73 Å². The van der Waals surface area contributed by atoms with Gasteiger partial charge >= 0.3 is 5.97 Å². The van der Waals surface area contributed by atoms with Crippen molar-refractivity contribution >= 4 is 17.3 Å². The van der Waals surface area contributed by atoms with E-state index in [1.54, 1.807) is 0 Å². The third-order valence-corrected chi connectivity index (χ3v) is 2.33. The summed E-state index contributed by atoms with van der Waals surface area (Å²) in [5, 5.41) is 0.742. The van der Waals surface area contributed by atoms with Crippen molar-refractivity contribution < 1.29 is 9.53 Å². The smallest absolute Gasteiger partial charge is 0.350 e. The highest BCUT2D eigenvalue weighted by molar-refractivity contribution is 7.13. The normalized spacial score (nSPS) is 11.4. The molecule has 0 radical (unpaired) electrons. The van der Waals surface area contributed by atoms with Crippen LogP contribution in [0.3, 0.4) is 0 Å². The summed E-state index contributed by atoms with van der Waals surface area (Å²) in [6, 6.07) is 0. The van der Waals surface area contributed by atoms with E-state index in [-0.39, 0.29) is 5.97 Å². The van der Waals surface area contributed by atoms with Crippen molar-refractivity contribution in [3.63, 3.8) is 0 Å². The van der Waals surface area contributed by atoms with Crippen molar-refractivity contribution in [1.82, 2.24) is 4.98 Å². The van der Waals surface area contributed by atoms with E-state index in [9.17, 15) is 4.79 Å². The summed E-state index contributed by atoms with van der Waals surface area (Å²) >= 11 is 1.27. The molecule has 1 rings (SSSR count). The second-order valence-corrected chi connectivity index (χ2v) is 4.94. The Kier molecular flexibility index (Phi) is 3.23. The summed E-state index contributed by atoms with van der Waals surface area (Å²) in [5.74, 6) is -0.338. The largest absolute Gasteiger partial charge is 0.456 e. The van der Waals surface area contributed by atoms with Gasteiger partial charge in [-0.15, -0.1) is 11.3 Å². The van der Waals surface area contributed by atoms with Gasteiger partial charge in [0.2, 0.25) is 0 Å². The van der Waals surface area contributed by atoms with Crippen molar-refractivity contribution in [3.05, 3.63) is 16.1 Å². The maximum atomic E-state index is 11.5. The van der Waals surface area contributed by atoms with Crippen LogP contribution >= 0.6 is 11.3 Å². The number of hydrogen-bond donors (Lipinski definition) is 1. The lowest BCUT2D eigenvalue weighted by molar-refractivity contribution is 0.00750. The van der Waals surface area contributed by atoms with E-state index in [4.69, 9.17) is 10.5 Å². The molecule has 14 heavy (non-hydrogen) atoms. The number of hydrogen-bond acceptors (Lipinski definition) is 5. The Hall–Kier alpha value is -0.940. The Morgan fingerprint density at radius 2 is 2.29 bits per heavy atom. The highest BCUT2D eigenvalue weighted by Crippen LogP contribution is 2.17. The number of thiazole rings is 1. The maximum Gasteiger partial charge on any atom is 0.350 e. The molecule has 0 saturated carbocycles. The van der Waals surface area contributed by atoms with Crippen molar-refractivity contribution in [2.45, 2.75) is 32.9 Å². The average Bonchev–Trinajstić information content (AvgIpc) is 2.48. The summed E-state index contributed by atoms with van der Waals surface area (Å²) in [7, 11) is 0. The minimum atomic E-state index is -0.468. The number of nitrogens with zero attached hydrogens (tertiary/aromatic N) is 1. The van der Waals surface area contributed by atoms with Gasteiger partial charge in [0, 0.05) is 6.54 Å². The van der Waals surface area contributed by atoms with E-state index < -0.39 is 5.60 Å². The predicted octanol–water partition coefficient (Wildman–Crippen LogP) is 1.56. The van der Waals surface area contributed by atoms with Crippen LogP contribution < -0.4 is 5.73 Å². The van der Waals surface area contributed by atoms with Crippen LogP contribution in [0.25, 0.3) is 0 Å². The number of rotatable bonds is 2. The summed E-state index contributed by atoms with van der Waals surface area (Å²) in [6.07, 6.45) is 1.50. The number of carbonyl (C=O) groups is 1. The first-order valence-electron chi connectivity index (χ1n) is 4.30. The van der Waals surface area contributed by atoms with Gasteiger partial charge < -0.3 is 10.5 Å². The van der Waals surface area contributed by atoms with Crippen LogP contribution in [0.15, 0.2) is 6.20 Å². The molecule has 0 aliphatic heterocycles. The van der Waals surface area contributed by atoms with Gasteiger partial charge in [-0.3, -0.25) is 0 Å². The van der Waals surface area contributed by atoms with Crippen LogP contribution in [0.2, 0.25) is 0 Å². The molecule has 0 bridgehead atoms. The molecule has 0 saturated heterocycles. The van der Waals surface area contributed by atoms with Crippen LogP contribution in [0.5, 0.6) is 0 Å². The lowest BCUT2D eigenvalue weighted by atomic mass is 10.2. The summed E-state index contributed by atoms with van der Waals surface area (Å²) in [4.78, 5) is 16.0. The molecule has 2 N–H and O–H groups in total. The van der Waals surface area contributed by atoms with Crippen molar-refractivity contribution in [2.75, 3.05) is 0 Å². The van der Waals surface area contributed by atoms with Crippen LogP contribution in [-0.2, 0) is 11.3 Å². The van der Waals surface area contributed by atoms with E-state index >= 15 is 0 Å². The topological polar surface area (TPSA) is 65.2 Å². The predicted molar refractivity (Wildman–Crippen MR) is 55.2 cm³/mol. The average molecular weight is 214 g/mol. The molecule has 0 aliphatic rings. The van der Waals surface area contributed by atoms with Crippen LogP contribution in [-0.4, -0.2) is 16.6 Å². The summed E-state index contributed by atoms with van der Waals surface area (Å²) in [6.45, 7) is 5.84. The first kappa shape index (κ1) is 11.1. The molecule has 0 aromatic carbocycles. The molecule has 0 unspecified atom stereocenters. The molecule has 5 heteroatoms. The van der Waals surface area contributed by atoms with Crippen molar-refractivity contribution in [3.8, 4) is 0 Å². The fourth-order valence-electron chi connectivity index (χ4n) is 0.827. The minimum Gasteiger partial charge on any atom is -0.456 e. The van der Waals surface area contributed by atoms with E-state index in [1.807, 2.05) is 20.8 Å². The Morgan fingerprint density at radius 3 is 2.71 bits per heavy atom. The van der Waals surface area contributed by atoms with Gasteiger partial charge in [-0.2, -0.15) is 0 Å². The molecule has 78 valence electrons. The van der Waals surface area contributed by atoms with Crippen LogP contribution in [0, 0.1) is 0 Å². The molecule has 0 amide bonds. The molecule has 4 nitrogen and oxygen atoms in total. The molecule has 0 atom stereocenters. The Balaban J connectivity index is 2.70. The second-order valence-electron chi connectivity index (χ2n) is 3.82. The Bertz CT molecular complexity index is 328. The number of nitrogens with two attached hydrogens (primary N) is 1. The van der Waals surface area contributed by atoms with E-state index in [0.717, 1.165) is 5.01 Å². The first-order valence-corrected chi connectivity index (χ1v) is 5.12. The second kappa shape index (κ2) is 4.06. The third-order valence-electron chi connectivity index (χ3n) is 1.33. The third kappa shape index (κ3) is 3.08. The molecule has 1 heterocycles. The quantitative estimate of drug-likeness (QED) is 0.759. The zero-order chi connectivity index (χ0) is 10.8. The van der Waals surface area contributed by atoms with Gasteiger partial charge in [0.15, 0.2) is 0 Å². The molecule has 1 aromatic rings. The number of esters is 1. The molecule has 0 spiro atoms. The number of carbonyl (C=O) groups excluding carboxylic acids is 1. The molecule has 0 fully saturated rings. The molecule has 0 aliphatic carbocycles. The van der Waals surface area contributed by atoms with E-state index in [1.165, 1.54) is 17.5 Å². The number of aromatic nitrogens is 1. The van der Waals surface area contributed by atoms with Gasteiger partial charge in [0.05, 0.1) is 6.20 Å². The SMILES string of the molecule is CC(C)(C)OC(=O)c1cnc(CN)s1. The van der Waals surface area contributed by atoms with E-state index in [0.29, 0.717) is 11.4 Å². The van der Waals surface area contributed by atoms with Gasteiger partial charge in [0.1, 0.15) is 15.5 Å². The highest BCUT2D eigenvalue weighted by atomic mass is 32.1. The zero-order valence-corrected chi connectivity index (χ0v) is 9.35. The van der Waals surface area contributed by atoms with Crippen LogP contribution in [0.1, 0.15) is 35.5 Å². The lowest BCUT2D eigenvalue weighted by Gasteiger charge is -2.18. The Labute approximate surface area is 87.1 Å². The van der Waals surface area contributed by atoms with Gasteiger partial charge in [-0.05, 0) is 20.8 Å². The van der Waals surface area contributed by atoms with Gasteiger partial charge in [0.25, 0.3) is 0 Å². The summed E-state index contributed by atoms with van der Waals surface area (Å²) < 4.78 is 5.17. The maximum absolute atomic E-state index is 11.5. The first-order chi connectivity index (χ1) is 6.42. The molecule has 1 aromatic heterocycles. The monoisotopic (exact) mass is 214 g/mol. The Morgan fingerprint density at radius 1 is 1.64 bits per heavy atom. The van der Waals surface area contributed by atoms with E-state index in [2.05, 4.69) is 4.98 Å².